The van der Waals surface area contributed by atoms with Crippen LogP contribution in [0.4, 0.5) is 0 Å². The van der Waals surface area contributed by atoms with Crippen LogP contribution < -0.4 is 5.32 Å². The quantitative estimate of drug-likeness (QED) is 0.797. The number of carbonyl (C=O) groups is 1. The van der Waals surface area contributed by atoms with Crippen molar-refractivity contribution in [3.05, 3.63) is 36.0 Å². The topological polar surface area (TPSA) is 74.5 Å². The zero-order chi connectivity index (χ0) is 21.4. The first-order valence-electron chi connectivity index (χ1n) is 11.7. The number of likely N-dealkylation sites (tertiary alicyclic amines) is 1. The van der Waals surface area contributed by atoms with E-state index in [1.807, 2.05) is 24.0 Å². The molecule has 4 atom stereocenters. The highest BCUT2D eigenvalue weighted by atomic mass is 16.3. The van der Waals surface area contributed by atoms with Gasteiger partial charge >= 0.3 is 0 Å². The summed E-state index contributed by atoms with van der Waals surface area (Å²) in [6, 6.07) is 7.14. The lowest BCUT2D eigenvalue weighted by Crippen LogP contribution is -2.57. The van der Waals surface area contributed by atoms with Crippen molar-refractivity contribution < 1.29 is 9.21 Å². The molecule has 2 aromatic rings. The molecule has 31 heavy (non-hydrogen) atoms. The Hall–Kier alpha value is -2.25. The molecule has 4 saturated heterocycles. The van der Waals surface area contributed by atoms with Gasteiger partial charge in [-0.05, 0) is 63.3 Å². The highest BCUT2D eigenvalue weighted by Gasteiger charge is 2.41. The minimum absolute atomic E-state index is 0.204. The zero-order valence-electron chi connectivity index (χ0n) is 18.6. The molecule has 7 heteroatoms. The smallest absolute Gasteiger partial charge is 0.219 e. The summed E-state index contributed by atoms with van der Waals surface area (Å²) in [4.78, 5) is 25.6. The van der Waals surface area contributed by atoms with Gasteiger partial charge in [-0.3, -0.25) is 9.69 Å². The summed E-state index contributed by atoms with van der Waals surface area (Å²) in [5.74, 6) is 2.98. The van der Waals surface area contributed by atoms with Crippen LogP contribution in [0, 0.1) is 12.8 Å². The largest absolute Gasteiger partial charge is 0.463 e. The van der Waals surface area contributed by atoms with Gasteiger partial charge in [-0.15, -0.1) is 0 Å². The number of rotatable bonds is 5. The molecule has 1 N–H and O–H groups in total. The van der Waals surface area contributed by atoms with E-state index in [2.05, 4.69) is 21.3 Å². The monoisotopic (exact) mass is 423 g/mol. The summed E-state index contributed by atoms with van der Waals surface area (Å²) < 4.78 is 5.57. The summed E-state index contributed by atoms with van der Waals surface area (Å²) >= 11 is 0. The highest BCUT2D eigenvalue weighted by molar-refractivity contribution is 5.73. The predicted molar refractivity (Wildman–Crippen MR) is 119 cm³/mol. The van der Waals surface area contributed by atoms with E-state index in [1.165, 1.54) is 19.4 Å². The van der Waals surface area contributed by atoms with Gasteiger partial charge in [0.25, 0.3) is 0 Å². The molecule has 2 bridgehead atoms. The van der Waals surface area contributed by atoms with Gasteiger partial charge in [0.1, 0.15) is 11.5 Å². The van der Waals surface area contributed by atoms with Gasteiger partial charge in [0.2, 0.25) is 5.91 Å². The predicted octanol–water partition coefficient (Wildman–Crippen LogP) is 2.82. The third-order valence-electron chi connectivity index (χ3n) is 7.47. The number of furan rings is 1. The molecule has 6 heterocycles. The van der Waals surface area contributed by atoms with Crippen LogP contribution in [0.15, 0.2) is 28.9 Å². The minimum atomic E-state index is 0.204. The fourth-order valence-corrected chi connectivity index (χ4v) is 5.72. The average molecular weight is 424 g/mol. The standard InChI is InChI=1S/C24H33N5O2/c1-16-26-22(13-23(27-16)24-4-3-11-31-24)21-15-29-8-5-18(21)12-20(29)14-25-19-6-9-28(10-7-19)17(2)30/h3-4,11,13,18-21,25H,5-10,12,14-15H2,1-2H3. The first-order valence-corrected chi connectivity index (χ1v) is 11.7. The van der Waals surface area contributed by atoms with E-state index < -0.39 is 0 Å². The number of aromatic nitrogens is 2. The van der Waals surface area contributed by atoms with E-state index in [0.29, 0.717) is 23.9 Å². The van der Waals surface area contributed by atoms with Gasteiger partial charge in [-0.2, -0.15) is 0 Å². The molecule has 166 valence electrons. The van der Waals surface area contributed by atoms with Gasteiger partial charge in [-0.25, -0.2) is 9.97 Å². The number of nitrogens with one attached hydrogen (secondary N) is 1. The van der Waals surface area contributed by atoms with E-state index in [4.69, 9.17) is 9.40 Å². The normalized spacial score (nSPS) is 28.8. The van der Waals surface area contributed by atoms with Gasteiger partial charge in [0, 0.05) is 56.8 Å². The Kier molecular flexibility index (Phi) is 5.80. The maximum atomic E-state index is 11.5. The Morgan fingerprint density at radius 2 is 2.06 bits per heavy atom. The van der Waals surface area contributed by atoms with Crippen LogP contribution in [-0.2, 0) is 4.79 Å². The van der Waals surface area contributed by atoms with Gasteiger partial charge in [-0.1, -0.05) is 0 Å². The van der Waals surface area contributed by atoms with Crippen molar-refractivity contribution in [3.8, 4) is 11.5 Å². The van der Waals surface area contributed by atoms with Crippen molar-refractivity contribution in [2.45, 2.75) is 57.5 Å². The number of aryl methyl sites for hydroxylation is 1. The van der Waals surface area contributed by atoms with E-state index in [1.54, 1.807) is 13.2 Å². The molecule has 2 aromatic heterocycles. The molecular formula is C24H33N5O2. The van der Waals surface area contributed by atoms with Crippen LogP contribution in [0.2, 0.25) is 0 Å². The van der Waals surface area contributed by atoms with Crippen LogP contribution in [0.3, 0.4) is 0 Å². The number of carbonyl (C=O) groups excluding carboxylic acids is 1. The second-order valence-electron chi connectivity index (χ2n) is 9.43. The lowest BCUT2D eigenvalue weighted by molar-refractivity contribution is -0.129. The molecule has 6 rings (SSSR count). The molecule has 4 aliphatic heterocycles. The second kappa shape index (κ2) is 8.71. The molecule has 4 unspecified atom stereocenters. The Balaban J connectivity index is 1.20. The molecule has 0 aromatic carbocycles. The number of nitrogens with zero attached hydrogens (tertiary/aromatic N) is 4. The van der Waals surface area contributed by atoms with Crippen molar-refractivity contribution in [1.29, 1.82) is 0 Å². The van der Waals surface area contributed by atoms with Crippen molar-refractivity contribution >= 4 is 5.91 Å². The van der Waals surface area contributed by atoms with Gasteiger partial charge in [0.05, 0.1) is 6.26 Å². The van der Waals surface area contributed by atoms with Crippen LogP contribution in [0.1, 0.15) is 50.0 Å². The van der Waals surface area contributed by atoms with Crippen molar-refractivity contribution in [1.82, 2.24) is 25.1 Å². The molecular weight excluding hydrogens is 390 g/mol. The Bertz CT molecular complexity index is 907. The van der Waals surface area contributed by atoms with Gasteiger partial charge in [0.15, 0.2) is 5.76 Å². The second-order valence-corrected chi connectivity index (χ2v) is 9.43. The van der Waals surface area contributed by atoms with Crippen molar-refractivity contribution in [2.75, 3.05) is 32.7 Å². The first kappa shape index (κ1) is 20.6. The van der Waals surface area contributed by atoms with Crippen molar-refractivity contribution in [3.63, 3.8) is 0 Å². The lowest BCUT2D eigenvalue weighted by atomic mass is 9.74. The maximum Gasteiger partial charge on any atom is 0.219 e. The summed E-state index contributed by atoms with van der Waals surface area (Å²) in [5.41, 5.74) is 2.05. The Labute approximate surface area is 184 Å². The summed E-state index contributed by atoms with van der Waals surface area (Å²) in [6.07, 6.45) is 6.30. The summed E-state index contributed by atoms with van der Waals surface area (Å²) in [5, 5.41) is 3.81. The van der Waals surface area contributed by atoms with E-state index in [9.17, 15) is 4.79 Å². The first-order chi connectivity index (χ1) is 15.1. The number of hydrogen-bond donors (Lipinski definition) is 1. The van der Waals surface area contributed by atoms with E-state index in [-0.39, 0.29) is 5.91 Å². The molecule has 4 fully saturated rings. The molecule has 7 nitrogen and oxygen atoms in total. The molecule has 0 saturated carbocycles. The molecule has 0 aliphatic carbocycles. The minimum Gasteiger partial charge on any atom is -0.463 e. The number of amides is 1. The zero-order valence-corrected chi connectivity index (χ0v) is 18.6. The number of piperidine rings is 4. The number of fused-ring (bicyclic) bond motifs is 3. The fraction of sp³-hybridized carbons (Fsp3) is 0.625. The Morgan fingerprint density at radius 3 is 2.74 bits per heavy atom. The highest BCUT2D eigenvalue weighted by Crippen LogP contribution is 2.41. The van der Waals surface area contributed by atoms with Crippen LogP contribution in [0.25, 0.3) is 11.5 Å². The van der Waals surface area contributed by atoms with Crippen LogP contribution >= 0.6 is 0 Å². The summed E-state index contributed by atoms with van der Waals surface area (Å²) in [7, 11) is 0. The SMILES string of the molecule is CC(=O)N1CCC(NCC2CC3CCN2CC3c2cc(-c3ccco3)nc(C)n2)CC1. The van der Waals surface area contributed by atoms with Crippen molar-refractivity contribution in [2.24, 2.45) is 5.92 Å². The maximum absolute atomic E-state index is 11.5. The van der Waals surface area contributed by atoms with E-state index >= 15 is 0 Å². The number of hydrogen-bond acceptors (Lipinski definition) is 6. The molecule has 0 radical (unpaired) electrons. The summed E-state index contributed by atoms with van der Waals surface area (Å²) in [6.45, 7) is 8.73. The van der Waals surface area contributed by atoms with Crippen LogP contribution in [0.5, 0.6) is 0 Å². The molecule has 0 spiro atoms. The van der Waals surface area contributed by atoms with Crippen LogP contribution in [-0.4, -0.2) is 70.5 Å². The Morgan fingerprint density at radius 1 is 1.23 bits per heavy atom. The van der Waals surface area contributed by atoms with E-state index in [0.717, 1.165) is 62.0 Å². The third kappa shape index (κ3) is 4.39. The third-order valence-corrected chi connectivity index (χ3v) is 7.47. The fourth-order valence-electron chi connectivity index (χ4n) is 5.72. The van der Waals surface area contributed by atoms with Gasteiger partial charge < -0.3 is 14.6 Å². The average Bonchev–Trinajstić information content (AvgIpc) is 3.33. The molecule has 4 aliphatic rings. The lowest BCUT2D eigenvalue weighted by Gasteiger charge is -2.50. The molecule has 1 amide bonds.